The van der Waals surface area contributed by atoms with Gasteiger partial charge in [-0.05, 0) is 60.7 Å². The zero-order valence-electron chi connectivity index (χ0n) is 12.5. The van der Waals surface area contributed by atoms with E-state index < -0.39 is 0 Å². The fourth-order valence-corrected chi connectivity index (χ4v) is 5.62. The topological polar surface area (TPSA) is 29.5 Å². The van der Waals surface area contributed by atoms with Crippen molar-refractivity contribution in [3.8, 4) is 0 Å². The molecular formula is C18H24O2S. The molecule has 2 aliphatic heterocycles. The van der Waals surface area contributed by atoms with E-state index in [1.165, 1.54) is 35.5 Å². The Labute approximate surface area is 131 Å². The summed E-state index contributed by atoms with van der Waals surface area (Å²) in [5, 5.41) is 10.9. The quantitative estimate of drug-likeness (QED) is 0.908. The number of hydrogen-bond donors (Lipinski definition) is 1. The molecule has 1 aromatic carbocycles. The first-order chi connectivity index (χ1) is 10.3. The van der Waals surface area contributed by atoms with Crippen LogP contribution >= 0.6 is 11.8 Å². The number of ether oxygens (including phenoxy) is 1. The molecule has 2 saturated heterocycles. The molecule has 3 atom stereocenters. The van der Waals surface area contributed by atoms with E-state index in [0.29, 0.717) is 11.8 Å². The zero-order chi connectivity index (χ0) is 14.3. The Bertz CT molecular complexity index is 504. The van der Waals surface area contributed by atoms with Gasteiger partial charge in [0.1, 0.15) is 0 Å². The molecule has 21 heavy (non-hydrogen) atoms. The highest BCUT2D eigenvalue weighted by molar-refractivity contribution is 7.99. The summed E-state index contributed by atoms with van der Waals surface area (Å²) in [6, 6.07) is 8.59. The fraction of sp³-hybridized carbons (Fsp3) is 0.667. The second kappa shape index (κ2) is 5.60. The van der Waals surface area contributed by atoms with E-state index >= 15 is 0 Å². The minimum Gasteiger partial charge on any atom is -0.392 e. The average molecular weight is 304 g/mol. The number of aliphatic hydroxyl groups excluding tert-OH is 1. The average Bonchev–Trinajstić information content (AvgIpc) is 2.49. The summed E-state index contributed by atoms with van der Waals surface area (Å²) < 4.78 is 6.16. The van der Waals surface area contributed by atoms with Crippen LogP contribution < -0.4 is 0 Å². The first-order valence-corrected chi connectivity index (χ1v) is 9.40. The smallest absolute Gasteiger partial charge is 0.0701 e. The van der Waals surface area contributed by atoms with Crippen LogP contribution in [-0.2, 0) is 11.2 Å². The number of thioether (sulfide) groups is 1. The Morgan fingerprint density at radius 1 is 1.24 bits per heavy atom. The van der Waals surface area contributed by atoms with E-state index in [0.717, 1.165) is 25.9 Å². The molecule has 2 nitrogen and oxygen atoms in total. The Kier molecular flexibility index (Phi) is 3.76. The first-order valence-electron chi connectivity index (χ1n) is 8.25. The lowest BCUT2D eigenvalue weighted by Gasteiger charge is -2.47. The Balaban J connectivity index is 1.46. The van der Waals surface area contributed by atoms with Gasteiger partial charge in [-0.1, -0.05) is 24.3 Å². The third kappa shape index (κ3) is 2.54. The Morgan fingerprint density at radius 3 is 2.86 bits per heavy atom. The van der Waals surface area contributed by atoms with Crippen molar-refractivity contribution in [1.82, 2.24) is 0 Å². The highest BCUT2D eigenvalue weighted by Gasteiger charge is 2.44. The second-order valence-corrected chi connectivity index (χ2v) is 8.12. The highest BCUT2D eigenvalue weighted by Crippen LogP contribution is 2.46. The van der Waals surface area contributed by atoms with Crippen LogP contribution in [0.4, 0.5) is 0 Å². The number of aliphatic hydroxyl groups is 1. The van der Waals surface area contributed by atoms with Crippen LogP contribution in [0.25, 0.3) is 0 Å². The molecule has 0 saturated carbocycles. The predicted molar refractivity (Wildman–Crippen MR) is 86.9 cm³/mol. The van der Waals surface area contributed by atoms with Gasteiger partial charge >= 0.3 is 0 Å². The van der Waals surface area contributed by atoms with Crippen molar-refractivity contribution in [3.05, 3.63) is 35.4 Å². The lowest BCUT2D eigenvalue weighted by atomic mass is 9.68. The Morgan fingerprint density at radius 2 is 2.05 bits per heavy atom. The van der Waals surface area contributed by atoms with Gasteiger partial charge in [-0.15, -0.1) is 0 Å². The normalized spacial score (nSPS) is 32.2. The van der Waals surface area contributed by atoms with Crippen LogP contribution in [0.2, 0.25) is 0 Å². The van der Waals surface area contributed by atoms with Crippen molar-refractivity contribution in [3.63, 3.8) is 0 Å². The third-order valence-corrected chi connectivity index (χ3v) is 6.71. The Hall–Kier alpha value is -0.510. The van der Waals surface area contributed by atoms with E-state index in [2.05, 4.69) is 24.3 Å². The largest absolute Gasteiger partial charge is 0.392 e. The SMILES string of the molecule is OC(C1CCOC2(CCSCC2)C1)C1Cc2ccccc21. The van der Waals surface area contributed by atoms with Crippen LogP contribution in [0.5, 0.6) is 0 Å². The second-order valence-electron chi connectivity index (χ2n) is 6.90. The molecule has 3 aliphatic rings. The van der Waals surface area contributed by atoms with Gasteiger partial charge in [0.2, 0.25) is 0 Å². The van der Waals surface area contributed by atoms with Crippen LogP contribution in [0, 0.1) is 5.92 Å². The summed E-state index contributed by atoms with van der Waals surface area (Å²) in [5.74, 6) is 3.21. The van der Waals surface area contributed by atoms with E-state index in [-0.39, 0.29) is 11.7 Å². The van der Waals surface area contributed by atoms with Crippen molar-refractivity contribution in [2.45, 2.75) is 49.7 Å². The summed E-state index contributed by atoms with van der Waals surface area (Å²) >= 11 is 2.04. The van der Waals surface area contributed by atoms with Crippen molar-refractivity contribution in [2.24, 2.45) is 5.92 Å². The molecule has 0 bridgehead atoms. The molecule has 114 valence electrons. The van der Waals surface area contributed by atoms with Gasteiger partial charge in [0, 0.05) is 12.5 Å². The van der Waals surface area contributed by atoms with E-state index in [4.69, 9.17) is 4.74 Å². The van der Waals surface area contributed by atoms with Crippen LogP contribution in [0.15, 0.2) is 24.3 Å². The molecule has 0 aromatic heterocycles. The summed E-state index contributed by atoms with van der Waals surface area (Å²) in [4.78, 5) is 0. The van der Waals surface area contributed by atoms with Gasteiger partial charge in [0.05, 0.1) is 11.7 Å². The molecular weight excluding hydrogens is 280 g/mol. The van der Waals surface area contributed by atoms with Crippen LogP contribution in [0.3, 0.4) is 0 Å². The molecule has 0 radical (unpaired) electrons. The lowest BCUT2D eigenvalue weighted by Crippen LogP contribution is -2.47. The van der Waals surface area contributed by atoms with E-state index in [1.807, 2.05) is 11.8 Å². The van der Waals surface area contributed by atoms with Gasteiger partial charge in [-0.25, -0.2) is 0 Å². The summed E-state index contributed by atoms with van der Waals surface area (Å²) in [5.41, 5.74) is 2.89. The third-order valence-electron chi connectivity index (χ3n) is 5.72. The minimum absolute atomic E-state index is 0.0818. The van der Waals surface area contributed by atoms with Crippen LogP contribution in [0.1, 0.15) is 42.7 Å². The highest BCUT2D eigenvalue weighted by atomic mass is 32.2. The molecule has 4 rings (SSSR count). The molecule has 2 fully saturated rings. The molecule has 3 heteroatoms. The fourth-order valence-electron chi connectivity index (χ4n) is 4.38. The van der Waals surface area contributed by atoms with Crippen molar-refractivity contribution in [1.29, 1.82) is 0 Å². The lowest BCUT2D eigenvalue weighted by molar-refractivity contribution is -0.124. The number of hydrogen-bond acceptors (Lipinski definition) is 3. The van der Waals surface area contributed by atoms with Gasteiger partial charge in [-0.2, -0.15) is 11.8 Å². The predicted octanol–water partition coefficient (Wildman–Crippen LogP) is 3.38. The maximum absolute atomic E-state index is 10.9. The summed E-state index contributed by atoms with van der Waals surface area (Å²) in [6.07, 6.45) is 5.29. The van der Waals surface area contributed by atoms with Gasteiger partial charge in [0.15, 0.2) is 0 Å². The van der Waals surface area contributed by atoms with Gasteiger partial charge < -0.3 is 9.84 Å². The van der Waals surface area contributed by atoms with Crippen molar-refractivity contribution >= 4 is 11.8 Å². The number of rotatable bonds is 2. The maximum Gasteiger partial charge on any atom is 0.0701 e. The van der Waals surface area contributed by atoms with Crippen molar-refractivity contribution in [2.75, 3.05) is 18.1 Å². The molecule has 1 N–H and O–H groups in total. The van der Waals surface area contributed by atoms with Gasteiger partial charge in [-0.3, -0.25) is 0 Å². The maximum atomic E-state index is 10.9. The summed E-state index contributed by atoms with van der Waals surface area (Å²) in [6.45, 7) is 0.834. The first kappa shape index (κ1) is 14.1. The summed E-state index contributed by atoms with van der Waals surface area (Å²) in [7, 11) is 0. The molecule has 0 amide bonds. The molecule has 1 spiro atoms. The van der Waals surface area contributed by atoms with Crippen LogP contribution in [-0.4, -0.2) is 34.9 Å². The molecule has 2 heterocycles. The van der Waals surface area contributed by atoms with Gasteiger partial charge in [0.25, 0.3) is 0 Å². The standard InChI is InChI=1S/C18H24O2S/c19-17(16-11-13-3-1-2-4-15(13)16)14-5-8-20-18(12-14)6-9-21-10-7-18/h1-4,14,16-17,19H,5-12H2. The molecule has 1 aromatic rings. The number of benzene rings is 1. The molecule has 3 unspecified atom stereocenters. The zero-order valence-corrected chi connectivity index (χ0v) is 13.3. The number of fused-ring (bicyclic) bond motifs is 1. The monoisotopic (exact) mass is 304 g/mol. The van der Waals surface area contributed by atoms with Crippen molar-refractivity contribution < 1.29 is 9.84 Å². The molecule has 1 aliphatic carbocycles. The van der Waals surface area contributed by atoms with E-state index in [9.17, 15) is 5.11 Å². The van der Waals surface area contributed by atoms with E-state index in [1.54, 1.807) is 0 Å². The minimum atomic E-state index is -0.185.